The maximum Gasteiger partial charge on any atom is 0.310 e. The Morgan fingerprint density at radius 2 is 1.91 bits per heavy atom. The van der Waals surface area contributed by atoms with Crippen LogP contribution in [0.2, 0.25) is 0 Å². The molecule has 0 spiro atoms. The summed E-state index contributed by atoms with van der Waals surface area (Å²) in [6, 6.07) is 0. The maximum atomic E-state index is 10.3. The summed E-state index contributed by atoms with van der Waals surface area (Å²) in [5, 5.41) is 26.7. The summed E-state index contributed by atoms with van der Waals surface area (Å²) in [4.78, 5) is 19.9. The predicted octanol–water partition coefficient (Wildman–Crippen LogP) is -0.393. The molecule has 0 radical (unpaired) electrons. The van der Waals surface area contributed by atoms with Crippen molar-refractivity contribution in [3.8, 4) is 0 Å². The van der Waals surface area contributed by atoms with Crippen LogP contribution in [0.15, 0.2) is 12.4 Å². The first-order chi connectivity index (χ1) is 10.4. The van der Waals surface area contributed by atoms with E-state index in [1.807, 2.05) is 0 Å². The van der Waals surface area contributed by atoms with Gasteiger partial charge in [-0.2, -0.15) is 10.2 Å². The molecule has 0 bridgehead atoms. The van der Waals surface area contributed by atoms with Crippen LogP contribution in [0.5, 0.6) is 0 Å². The Morgan fingerprint density at radius 3 is 2.36 bits per heavy atom. The van der Waals surface area contributed by atoms with Crippen LogP contribution >= 0.6 is 0 Å². The first-order valence-corrected chi connectivity index (χ1v) is 6.38. The second-order valence-electron chi connectivity index (χ2n) is 4.44. The molecule has 0 saturated carbocycles. The average Bonchev–Trinajstić information content (AvgIpc) is 2.94. The second-order valence-corrected chi connectivity index (χ2v) is 4.44. The minimum Gasteiger partial charge on any atom is -0.396 e. The van der Waals surface area contributed by atoms with Crippen LogP contribution in [0.3, 0.4) is 0 Å². The molecular formula is C12H18N6O4. The topological polar surface area (TPSA) is 142 Å². The van der Waals surface area contributed by atoms with Gasteiger partial charge in [0.2, 0.25) is 0 Å². The Kier molecular flexibility index (Phi) is 6.20. The number of aliphatic hydroxyl groups excluding tert-OH is 1. The quantitative estimate of drug-likeness (QED) is 0.435. The van der Waals surface area contributed by atoms with E-state index in [2.05, 4.69) is 10.2 Å². The van der Waals surface area contributed by atoms with E-state index < -0.39 is 4.92 Å². The molecule has 120 valence electrons. The summed E-state index contributed by atoms with van der Waals surface area (Å²) in [5.41, 5.74) is 7.05. The average molecular weight is 310 g/mol. The molecule has 0 saturated heterocycles. The second kappa shape index (κ2) is 7.88. The van der Waals surface area contributed by atoms with E-state index in [1.54, 1.807) is 25.0 Å². The van der Waals surface area contributed by atoms with Crippen LogP contribution in [-0.2, 0) is 31.7 Å². The largest absolute Gasteiger partial charge is 0.396 e. The van der Waals surface area contributed by atoms with Gasteiger partial charge in [0.15, 0.2) is 0 Å². The third-order valence-electron chi connectivity index (χ3n) is 2.64. The molecule has 0 aliphatic rings. The highest BCUT2D eigenvalue weighted by Gasteiger charge is 2.16. The molecule has 0 fully saturated rings. The van der Waals surface area contributed by atoms with Gasteiger partial charge >= 0.3 is 5.69 Å². The smallest absolute Gasteiger partial charge is 0.310 e. The van der Waals surface area contributed by atoms with Crippen LogP contribution in [0.1, 0.15) is 11.4 Å². The number of hydrogen-bond acceptors (Lipinski definition) is 7. The molecule has 2 heterocycles. The molecule has 2 aromatic rings. The van der Waals surface area contributed by atoms with Crippen molar-refractivity contribution in [1.29, 1.82) is 0 Å². The number of nitrogens with two attached hydrogens (primary N) is 1. The molecule has 0 amide bonds. The fourth-order valence-electron chi connectivity index (χ4n) is 1.75. The number of aliphatic hydroxyl groups is 1. The lowest BCUT2D eigenvalue weighted by atomic mass is 10.3. The number of aldehydes is 1. The van der Waals surface area contributed by atoms with Gasteiger partial charge in [-0.3, -0.25) is 19.5 Å². The molecule has 2 rings (SSSR count). The lowest BCUT2D eigenvalue weighted by Crippen LogP contribution is -1.96. The van der Waals surface area contributed by atoms with Gasteiger partial charge in [-0.25, -0.2) is 0 Å². The Balaban J connectivity index is 0.000000224. The number of anilines is 1. The first-order valence-electron chi connectivity index (χ1n) is 6.38. The van der Waals surface area contributed by atoms with Crippen LogP contribution < -0.4 is 5.73 Å². The van der Waals surface area contributed by atoms with Crippen LogP contribution in [0.4, 0.5) is 11.4 Å². The van der Waals surface area contributed by atoms with Gasteiger partial charge in [0.05, 0.1) is 22.7 Å². The standard InChI is InChI=1S/C6H7N3O3.C6H11N3O/c1-8-4-6(9(11)12)5(7-8)2-3-10;1-9-4-5(7)6(8-9)2-3-10/h3-4H,2H2,1H3;4,10H,2-3,7H2,1H3. The van der Waals surface area contributed by atoms with Gasteiger partial charge in [0.25, 0.3) is 0 Å². The van der Waals surface area contributed by atoms with Crippen LogP contribution in [0, 0.1) is 10.1 Å². The Morgan fingerprint density at radius 1 is 1.32 bits per heavy atom. The van der Waals surface area contributed by atoms with E-state index in [-0.39, 0.29) is 24.4 Å². The van der Waals surface area contributed by atoms with E-state index in [0.29, 0.717) is 18.4 Å². The monoisotopic (exact) mass is 310 g/mol. The lowest BCUT2D eigenvalue weighted by molar-refractivity contribution is -0.385. The van der Waals surface area contributed by atoms with Crippen molar-refractivity contribution in [3.05, 3.63) is 33.9 Å². The number of rotatable bonds is 5. The maximum absolute atomic E-state index is 10.3. The SMILES string of the molecule is Cn1cc(N)c(CCO)n1.Cn1cc([N+](=O)[O-])c(CC=O)n1. The summed E-state index contributed by atoms with van der Waals surface area (Å²) in [7, 11) is 3.37. The minimum atomic E-state index is -0.550. The zero-order valence-electron chi connectivity index (χ0n) is 12.3. The van der Waals surface area contributed by atoms with Gasteiger partial charge in [-0.05, 0) is 0 Å². The third kappa shape index (κ3) is 4.66. The van der Waals surface area contributed by atoms with Crippen molar-refractivity contribution >= 4 is 17.7 Å². The molecule has 22 heavy (non-hydrogen) atoms. The van der Waals surface area contributed by atoms with Crippen molar-refractivity contribution in [2.24, 2.45) is 14.1 Å². The minimum absolute atomic E-state index is 0.0167. The summed E-state index contributed by atoms with van der Waals surface area (Å²) >= 11 is 0. The Hall–Kier alpha value is -2.75. The van der Waals surface area contributed by atoms with Crippen LogP contribution in [-0.4, -0.2) is 42.5 Å². The molecule has 0 aromatic carbocycles. The zero-order valence-corrected chi connectivity index (χ0v) is 12.3. The van der Waals surface area contributed by atoms with E-state index in [4.69, 9.17) is 10.8 Å². The number of nitro groups is 1. The van der Waals surface area contributed by atoms with Crippen molar-refractivity contribution < 1.29 is 14.8 Å². The van der Waals surface area contributed by atoms with E-state index in [9.17, 15) is 14.9 Å². The van der Waals surface area contributed by atoms with Crippen LogP contribution in [0.25, 0.3) is 0 Å². The number of aryl methyl sites for hydroxylation is 2. The summed E-state index contributed by atoms with van der Waals surface area (Å²) in [5.74, 6) is 0. The summed E-state index contributed by atoms with van der Waals surface area (Å²) in [6.45, 7) is 0.0984. The van der Waals surface area contributed by atoms with Gasteiger partial charge in [-0.1, -0.05) is 0 Å². The van der Waals surface area contributed by atoms with Gasteiger partial charge in [0.1, 0.15) is 18.2 Å². The van der Waals surface area contributed by atoms with Gasteiger partial charge in [-0.15, -0.1) is 0 Å². The molecule has 0 aliphatic heterocycles. The normalized spacial score (nSPS) is 9.95. The number of carbonyl (C=O) groups is 1. The molecule has 0 aliphatic carbocycles. The Bertz CT molecular complexity index is 648. The van der Waals surface area contributed by atoms with Gasteiger partial charge in [0, 0.05) is 33.3 Å². The molecule has 0 unspecified atom stereocenters. The van der Waals surface area contributed by atoms with Crippen molar-refractivity contribution in [2.45, 2.75) is 12.8 Å². The van der Waals surface area contributed by atoms with E-state index in [0.717, 1.165) is 5.69 Å². The molecule has 2 aromatic heterocycles. The predicted molar refractivity (Wildman–Crippen MR) is 78.0 cm³/mol. The summed E-state index contributed by atoms with van der Waals surface area (Å²) in [6.07, 6.45) is 4.11. The summed E-state index contributed by atoms with van der Waals surface area (Å²) < 4.78 is 2.96. The highest BCUT2D eigenvalue weighted by Crippen LogP contribution is 2.15. The fourth-order valence-corrected chi connectivity index (χ4v) is 1.75. The highest BCUT2D eigenvalue weighted by atomic mass is 16.6. The number of hydrogen-bond donors (Lipinski definition) is 2. The van der Waals surface area contributed by atoms with Crippen molar-refractivity contribution in [2.75, 3.05) is 12.3 Å². The lowest BCUT2D eigenvalue weighted by Gasteiger charge is -1.90. The third-order valence-corrected chi connectivity index (χ3v) is 2.64. The zero-order chi connectivity index (χ0) is 16.7. The number of nitrogens with zero attached hydrogens (tertiary/aromatic N) is 5. The first kappa shape index (κ1) is 17.3. The van der Waals surface area contributed by atoms with Crippen molar-refractivity contribution in [3.63, 3.8) is 0 Å². The number of aromatic nitrogens is 4. The molecule has 3 N–H and O–H groups in total. The fraction of sp³-hybridized carbons (Fsp3) is 0.417. The highest BCUT2D eigenvalue weighted by molar-refractivity contribution is 5.56. The molecule has 0 atom stereocenters. The van der Waals surface area contributed by atoms with E-state index in [1.165, 1.54) is 10.9 Å². The van der Waals surface area contributed by atoms with Gasteiger partial charge < -0.3 is 15.6 Å². The number of carbonyl (C=O) groups excluding carboxylic acids is 1. The number of nitrogen functional groups attached to an aromatic ring is 1. The Labute approximate surface area is 126 Å². The van der Waals surface area contributed by atoms with E-state index >= 15 is 0 Å². The molecule has 10 heteroatoms. The van der Waals surface area contributed by atoms with Crippen molar-refractivity contribution in [1.82, 2.24) is 19.6 Å². The molecular weight excluding hydrogens is 292 g/mol. The molecule has 10 nitrogen and oxygen atoms in total.